The monoisotopic (exact) mass is 631 g/mol. The van der Waals surface area contributed by atoms with E-state index in [1.54, 1.807) is 0 Å². The van der Waals surface area contributed by atoms with Gasteiger partial charge in [-0.05, 0) is 115 Å². The minimum Gasteiger partial charge on any atom is -0.294 e. The van der Waals surface area contributed by atoms with Gasteiger partial charge in [0, 0.05) is 15.2 Å². The minimum absolute atomic E-state index is 0.211. The van der Waals surface area contributed by atoms with Crippen molar-refractivity contribution in [3.63, 3.8) is 0 Å². The van der Waals surface area contributed by atoms with E-state index < -0.39 is 0 Å². The van der Waals surface area contributed by atoms with Gasteiger partial charge < -0.3 is 0 Å². The van der Waals surface area contributed by atoms with Gasteiger partial charge in [0.15, 0.2) is 0 Å². The Bertz CT molecular complexity index is 2700. The first kappa shape index (κ1) is 27.5. The van der Waals surface area contributed by atoms with Crippen molar-refractivity contribution in [3.05, 3.63) is 144 Å². The second kappa shape index (κ2) is 9.70. The van der Waals surface area contributed by atoms with Crippen molar-refractivity contribution < 1.29 is 0 Å². The predicted octanol–water partition coefficient (Wildman–Crippen LogP) is 11.6. The lowest BCUT2D eigenvalue weighted by molar-refractivity contribution is 0.660. The van der Waals surface area contributed by atoms with Crippen molar-refractivity contribution in [2.24, 2.45) is 0 Å². The van der Waals surface area contributed by atoms with E-state index in [9.17, 15) is 5.26 Å². The standard InChI is InChI=1S/C44H29N3S/c1-25-46-37-13-8-14-39-43(37)47(25)38-20-17-28(23-40(38)48-39)42-33-11-6-4-9-31(33)41(32-10-5-7-12-34(32)42)27-16-19-30-29-18-15-26(24-45)21-35(29)44(2,3)36(30)22-27/h4-23H,1-3H3. The van der Waals surface area contributed by atoms with Gasteiger partial charge in [-0.25, -0.2) is 4.98 Å². The van der Waals surface area contributed by atoms with Crippen LogP contribution >= 0.6 is 11.8 Å². The molecule has 0 radical (unpaired) electrons. The van der Waals surface area contributed by atoms with E-state index >= 15 is 0 Å². The maximum Gasteiger partial charge on any atom is 0.111 e. The van der Waals surface area contributed by atoms with Crippen LogP contribution in [0.2, 0.25) is 0 Å². The molecule has 0 saturated heterocycles. The SMILES string of the molecule is Cc1nc2cccc3c2n1-c1ccc(-c2c4ccccc4c(-c4ccc5c(c4)C(C)(C)c4cc(C#N)ccc4-5)c4ccccc24)cc1S3. The van der Waals surface area contributed by atoms with Crippen molar-refractivity contribution in [2.45, 2.75) is 36.0 Å². The van der Waals surface area contributed by atoms with E-state index in [4.69, 9.17) is 4.98 Å². The molecule has 0 atom stereocenters. The summed E-state index contributed by atoms with van der Waals surface area (Å²) in [6.07, 6.45) is 0. The van der Waals surface area contributed by atoms with Gasteiger partial charge in [0.1, 0.15) is 5.82 Å². The zero-order valence-electron chi connectivity index (χ0n) is 26.8. The number of para-hydroxylation sites is 1. The number of rotatable bonds is 2. The first-order valence-corrected chi connectivity index (χ1v) is 17.2. The summed E-state index contributed by atoms with van der Waals surface area (Å²) in [6.45, 7) is 6.66. The molecule has 0 N–H and O–H groups in total. The highest BCUT2D eigenvalue weighted by atomic mass is 32.2. The quantitative estimate of drug-likeness (QED) is 0.178. The first-order chi connectivity index (χ1) is 23.4. The topological polar surface area (TPSA) is 41.6 Å². The van der Waals surface area contributed by atoms with Crippen molar-refractivity contribution in [1.29, 1.82) is 5.26 Å². The highest BCUT2D eigenvalue weighted by Gasteiger charge is 2.36. The number of benzene rings is 7. The van der Waals surface area contributed by atoms with Gasteiger partial charge in [0.05, 0.1) is 28.4 Å². The molecule has 1 aliphatic heterocycles. The highest BCUT2D eigenvalue weighted by molar-refractivity contribution is 7.99. The molecule has 10 rings (SSSR count). The van der Waals surface area contributed by atoms with Crippen LogP contribution in [0.15, 0.2) is 131 Å². The fraction of sp³-hybridized carbons (Fsp3) is 0.0909. The fourth-order valence-electron chi connectivity index (χ4n) is 8.36. The molecule has 2 heterocycles. The van der Waals surface area contributed by atoms with Crippen LogP contribution in [0, 0.1) is 18.3 Å². The maximum absolute atomic E-state index is 9.63. The lowest BCUT2D eigenvalue weighted by Crippen LogP contribution is -2.15. The molecule has 8 aromatic rings. The molecular formula is C44H29N3S. The molecule has 4 heteroatoms. The number of nitrogens with zero attached hydrogens (tertiary/aromatic N) is 3. The predicted molar refractivity (Wildman–Crippen MR) is 198 cm³/mol. The molecule has 0 saturated carbocycles. The average Bonchev–Trinajstić information content (AvgIpc) is 3.57. The van der Waals surface area contributed by atoms with E-state index in [0.29, 0.717) is 5.56 Å². The zero-order chi connectivity index (χ0) is 32.3. The number of hydrogen-bond donors (Lipinski definition) is 0. The summed E-state index contributed by atoms with van der Waals surface area (Å²) < 4.78 is 2.31. The van der Waals surface area contributed by atoms with Crippen molar-refractivity contribution >= 4 is 44.3 Å². The third-order valence-electron chi connectivity index (χ3n) is 10.5. The Balaban J connectivity index is 1.20. The number of aromatic nitrogens is 2. The van der Waals surface area contributed by atoms with Crippen molar-refractivity contribution in [2.75, 3.05) is 0 Å². The summed E-state index contributed by atoms with van der Waals surface area (Å²) in [6, 6.07) is 46.6. The Hall–Kier alpha value is -5.63. The molecule has 226 valence electrons. The van der Waals surface area contributed by atoms with Gasteiger partial charge in [-0.3, -0.25) is 4.57 Å². The van der Waals surface area contributed by atoms with E-state index in [-0.39, 0.29) is 5.41 Å². The molecule has 0 amide bonds. The third kappa shape index (κ3) is 3.63. The Morgan fingerprint density at radius 1 is 0.646 bits per heavy atom. The smallest absolute Gasteiger partial charge is 0.111 e. The first-order valence-electron chi connectivity index (χ1n) is 16.4. The summed E-state index contributed by atoms with van der Waals surface area (Å²) in [7, 11) is 0. The van der Waals surface area contributed by atoms with E-state index in [2.05, 4.69) is 147 Å². The fourth-order valence-corrected chi connectivity index (χ4v) is 9.48. The number of imidazole rings is 1. The summed E-state index contributed by atoms with van der Waals surface area (Å²) >= 11 is 1.84. The summed E-state index contributed by atoms with van der Waals surface area (Å²) in [4.78, 5) is 7.36. The molecular weight excluding hydrogens is 603 g/mol. The molecule has 1 aliphatic carbocycles. The summed E-state index contributed by atoms with van der Waals surface area (Å²) in [5, 5.41) is 14.6. The van der Waals surface area contributed by atoms with Crippen LogP contribution in [0.5, 0.6) is 0 Å². The summed E-state index contributed by atoms with van der Waals surface area (Å²) in [5.74, 6) is 1.01. The molecule has 1 aromatic heterocycles. The van der Waals surface area contributed by atoms with Gasteiger partial charge in [-0.1, -0.05) is 104 Å². The second-order valence-electron chi connectivity index (χ2n) is 13.5. The highest BCUT2D eigenvalue weighted by Crippen LogP contribution is 2.52. The largest absolute Gasteiger partial charge is 0.294 e. The molecule has 2 aliphatic rings. The zero-order valence-corrected chi connectivity index (χ0v) is 27.6. The van der Waals surface area contributed by atoms with Crippen LogP contribution < -0.4 is 0 Å². The summed E-state index contributed by atoms with van der Waals surface area (Å²) in [5.41, 5.74) is 13.9. The van der Waals surface area contributed by atoms with Gasteiger partial charge >= 0.3 is 0 Å². The van der Waals surface area contributed by atoms with Gasteiger partial charge in [0.2, 0.25) is 0 Å². The lowest BCUT2D eigenvalue weighted by Gasteiger charge is -2.23. The number of aryl methyl sites for hydroxylation is 1. The number of nitriles is 1. The van der Waals surface area contributed by atoms with Gasteiger partial charge in [-0.15, -0.1) is 0 Å². The van der Waals surface area contributed by atoms with Crippen LogP contribution in [0.4, 0.5) is 0 Å². The molecule has 7 aromatic carbocycles. The maximum atomic E-state index is 9.63. The molecule has 0 spiro atoms. The Morgan fingerprint density at radius 2 is 1.25 bits per heavy atom. The van der Waals surface area contributed by atoms with Crippen molar-refractivity contribution in [1.82, 2.24) is 9.55 Å². The van der Waals surface area contributed by atoms with Crippen LogP contribution in [0.3, 0.4) is 0 Å². The van der Waals surface area contributed by atoms with E-state index in [1.807, 2.05) is 17.8 Å². The second-order valence-corrected chi connectivity index (χ2v) is 14.6. The molecule has 0 unspecified atom stereocenters. The molecule has 0 bridgehead atoms. The molecule has 48 heavy (non-hydrogen) atoms. The number of hydrogen-bond acceptors (Lipinski definition) is 3. The normalized spacial score (nSPS) is 13.8. The third-order valence-corrected chi connectivity index (χ3v) is 11.6. The minimum atomic E-state index is -0.211. The Morgan fingerprint density at radius 3 is 1.92 bits per heavy atom. The average molecular weight is 632 g/mol. The molecule has 0 fully saturated rings. The van der Waals surface area contributed by atoms with Gasteiger partial charge in [-0.2, -0.15) is 5.26 Å². The van der Waals surface area contributed by atoms with E-state index in [0.717, 1.165) is 11.3 Å². The van der Waals surface area contributed by atoms with Crippen LogP contribution in [0.1, 0.15) is 36.4 Å². The Kier molecular flexibility index (Phi) is 5.55. The molecule has 3 nitrogen and oxygen atoms in total. The van der Waals surface area contributed by atoms with Crippen LogP contribution in [-0.2, 0) is 5.41 Å². The van der Waals surface area contributed by atoms with Crippen LogP contribution in [-0.4, -0.2) is 9.55 Å². The van der Waals surface area contributed by atoms with E-state index in [1.165, 1.54) is 87.0 Å². The number of fused-ring (bicyclic) bond motifs is 7. The van der Waals surface area contributed by atoms with Gasteiger partial charge in [0.25, 0.3) is 0 Å². The Labute approximate surface area is 283 Å². The lowest BCUT2D eigenvalue weighted by atomic mass is 9.80. The van der Waals surface area contributed by atoms with Crippen molar-refractivity contribution in [3.8, 4) is 45.1 Å². The van der Waals surface area contributed by atoms with Crippen LogP contribution in [0.25, 0.3) is 71.6 Å².